The Morgan fingerprint density at radius 3 is 2.51 bits per heavy atom. The van der Waals surface area contributed by atoms with Crippen molar-refractivity contribution in [2.24, 2.45) is 46.3 Å². The average Bonchev–Trinajstić information content (AvgIpc) is 3.43. The summed E-state index contributed by atoms with van der Waals surface area (Å²) in [4.78, 5) is 26.5. The lowest BCUT2D eigenvalue weighted by Gasteiger charge is -2.60. The third kappa shape index (κ3) is 4.41. The monoisotopic (exact) mass is 506 g/mol. The molecule has 0 spiro atoms. The molecule has 198 valence electrons. The number of ketones is 1. The fourth-order valence-electron chi connectivity index (χ4n) is 9.92. The second-order valence-electron chi connectivity index (χ2n) is 13.4. The SMILES string of the molecule is C[C@H](CCC(=O)N1CC[C@H](S(=O)(=O)[O-])C1)[C@H]1CC[C@H]2[C@@H]3CC[C@@H]4CC(=O)CC[C@]4(C)[C@H]3CC[C@]12C. The van der Waals surface area contributed by atoms with E-state index in [0.29, 0.717) is 47.3 Å². The van der Waals surface area contributed by atoms with E-state index in [4.69, 9.17) is 0 Å². The van der Waals surface area contributed by atoms with Gasteiger partial charge in [-0.05, 0) is 104 Å². The van der Waals surface area contributed by atoms with Crippen molar-refractivity contribution >= 4 is 21.8 Å². The number of Topliss-reactive ketones (excluding diaryl/α,β-unsaturated/α-hetero) is 1. The van der Waals surface area contributed by atoms with E-state index in [2.05, 4.69) is 20.8 Å². The Morgan fingerprint density at radius 1 is 1.06 bits per heavy atom. The molecule has 0 aromatic rings. The number of amides is 1. The van der Waals surface area contributed by atoms with E-state index >= 15 is 0 Å². The van der Waals surface area contributed by atoms with Crippen LogP contribution in [0.1, 0.15) is 97.8 Å². The van der Waals surface area contributed by atoms with Gasteiger partial charge in [0.1, 0.15) is 5.78 Å². The highest BCUT2D eigenvalue weighted by Crippen LogP contribution is 2.68. The van der Waals surface area contributed by atoms with Crippen LogP contribution in [0.25, 0.3) is 0 Å². The Morgan fingerprint density at radius 2 is 1.80 bits per heavy atom. The molecule has 5 fully saturated rings. The van der Waals surface area contributed by atoms with Gasteiger partial charge in [0, 0.05) is 32.4 Å². The molecular formula is C28H44NO5S-. The number of carbonyl (C=O) groups is 2. The van der Waals surface area contributed by atoms with Gasteiger partial charge in [-0.25, -0.2) is 8.42 Å². The van der Waals surface area contributed by atoms with Gasteiger partial charge in [0.15, 0.2) is 0 Å². The van der Waals surface area contributed by atoms with Gasteiger partial charge in [-0.3, -0.25) is 9.59 Å². The van der Waals surface area contributed by atoms with Gasteiger partial charge >= 0.3 is 0 Å². The second kappa shape index (κ2) is 9.11. The van der Waals surface area contributed by atoms with Crippen LogP contribution in [0.15, 0.2) is 0 Å². The maximum Gasteiger partial charge on any atom is 0.222 e. The predicted octanol–water partition coefficient (Wildman–Crippen LogP) is 4.78. The summed E-state index contributed by atoms with van der Waals surface area (Å²) in [6, 6.07) is 0. The topological polar surface area (TPSA) is 94.6 Å². The average molecular weight is 507 g/mol. The number of nitrogens with zero attached hydrogens (tertiary/aromatic N) is 1. The Labute approximate surface area is 211 Å². The van der Waals surface area contributed by atoms with Crippen LogP contribution in [0.3, 0.4) is 0 Å². The number of rotatable bonds is 5. The first-order valence-electron chi connectivity index (χ1n) is 14.2. The van der Waals surface area contributed by atoms with Crippen molar-refractivity contribution in [3.63, 3.8) is 0 Å². The van der Waals surface area contributed by atoms with Crippen LogP contribution in [0, 0.1) is 46.3 Å². The molecule has 1 saturated heterocycles. The summed E-state index contributed by atoms with van der Waals surface area (Å²) >= 11 is 0. The summed E-state index contributed by atoms with van der Waals surface area (Å²) in [5.41, 5.74) is 0.687. The summed E-state index contributed by atoms with van der Waals surface area (Å²) < 4.78 is 33.9. The molecule has 6 nitrogen and oxygen atoms in total. The third-order valence-corrected chi connectivity index (χ3v) is 13.2. The van der Waals surface area contributed by atoms with Gasteiger partial charge in [0.25, 0.3) is 0 Å². The van der Waals surface area contributed by atoms with E-state index in [1.807, 2.05) is 0 Å². The molecule has 1 aliphatic heterocycles. The smallest absolute Gasteiger partial charge is 0.222 e. The maximum absolute atomic E-state index is 12.8. The molecule has 0 unspecified atom stereocenters. The van der Waals surface area contributed by atoms with Crippen molar-refractivity contribution in [2.75, 3.05) is 13.1 Å². The van der Waals surface area contributed by atoms with Crippen LogP contribution in [0.5, 0.6) is 0 Å². The fraction of sp³-hybridized carbons (Fsp3) is 0.929. The molecule has 9 atom stereocenters. The van der Waals surface area contributed by atoms with Gasteiger partial charge in [-0.1, -0.05) is 20.8 Å². The third-order valence-electron chi connectivity index (χ3n) is 12.0. The van der Waals surface area contributed by atoms with E-state index in [1.54, 1.807) is 4.90 Å². The Kier molecular flexibility index (Phi) is 6.69. The van der Waals surface area contributed by atoms with Crippen LogP contribution < -0.4 is 0 Å². The number of hydrogen-bond acceptors (Lipinski definition) is 5. The van der Waals surface area contributed by atoms with Crippen LogP contribution in [-0.4, -0.2) is 47.9 Å². The van der Waals surface area contributed by atoms with Crippen molar-refractivity contribution < 1.29 is 22.6 Å². The molecule has 4 saturated carbocycles. The van der Waals surface area contributed by atoms with E-state index < -0.39 is 15.4 Å². The molecular weight excluding hydrogens is 462 g/mol. The molecule has 5 rings (SSSR count). The quantitative estimate of drug-likeness (QED) is 0.500. The maximum atomic E-state index is 12.8. The van der Waals surface area contributed by atoms with Gasteiger partial charge < -0.3 is 9.45 Å². The molecule has 35 heavy (non-hydrogen) atoms. The minimum absolute atomic E-state index is 0.00417. The molecule has 0 bridgehead atoms. The summed E-state index contributed by atoms with van der Waals surface area (Å²) in [7, 11) is -4.32. The molecule has 0 aromatic heterocycles. The zero-order valence-electron chi connectivity index (χ0n) is 21.8. The highest BCUT2D eigenvalue weighted by atomic mass is 32.2. The highest BCUT2D eigenvalue weighted by Gasteiger charge is 2.60. The molecule has 5 aliphatic rings. The molecule has 4 aliphatic carbocycles. The first-order chi connectivity index (χ1) is 16.4. The van der Waals surface area contributed by atoms with Crippen molar-refractivity contribution in [3.8, 4) is 0 Å². The minimum Gasteiger partial charge on any atom is -0.748 e. The van der Waals surface area contributed by atoms with E-state index in [0.717, 1.165) is 43.4 Å². The molecule has 1 amide bonds. The number of carbonyl (C=O) groups excluding carboxylic acids is 2. The van der Waals surface area contributed by atoms with E-state index in [9.17, 15) is 22.6 Å². The highest BCUT2D eigenvalue weighted by molar-refractivity contribution is 7.86. The minimum atomic E-state index is -4.32. The van der Waals surface area contributed by atoms with E-state index in [1.165, 1.54) is 38.5 Å². The van der Waals surface area contributed by atoms with Crippen LogP contribution >= 0.6 is 0 Å². The Bertz CT molecular complexity index is 964. The summed E-state index contributed by atoms with van der Waals surface area (Å²) in [6.45, 7) is 7.81. The number of likely N-dealkylation sites (tertiary alicyclic amines) is 1. The fourth-order valence-corrected chi connectivity index (χ4v) is 10.7. The molecule has 0 aromatic carbocycles. The van der Waals surface area contributed by atoms with E-state index in [-0.39, 0.29) is 18.9 Å². The Hall–Kier alpha value is -0.950. The zero-order chi connectivity index (χ0) is 25.2. The lowest BCUT2D eigenvalue weighted by Crippen LogP contribution is -2.53. The van der Waals surface area contributed by atoms with Crippen molar-refractivity contribution in [1.82, 2.24) is 4.90 Å². The van der Waals surface area contributed by atoms with Crippen LogP contribution in [0.2, 0.25) is 0 Å². The standard InChI is InChI=1S/C28H45NO5S/c1-18(4-9-26(31)29-15-12-21(17-29)35(32,33)34)23-7-8-24-22-6-5-19-16-20(30)10-13-27(19,2)25(22)11-14-28(23,24)3/h18-19,21-25H,4-17H2,1-3H3,(H,32,33,34)/p-1/t18-,19-,21+,22+,23-,24+,25+,27+,28-/m1/s1. The molecule has 1 heterocycles. The molecule has 0 N–H and O–H groups in total. The predicted molar refractivity (Wildman–Crippen MR) is 133 cm³/mol. The lowest BCUT2D eigenvalue weighted by atomic mass is 9.44. The first-order valence-corrected chi connectivity index (χ1v) is 15.6. The largest absolute Gasteiger partial charge is 0.748 e. The van der Waals surface area contributed by atoms with Gasteiger partial charge in [-0.2, -0.15) is 0 Å². The van der Waals surface area contributed by atoms with Gasteiger partial charge in [0.05, 0.1) is 15.4 Å². The summed E-state index contributed by atoms with van der Waals surface area (Å²) in [5, 5.41) is -0.937. The van der Waals surface area contributed by atoms with Crippen LogP contribution in [0.4, 0.5) is 0 Å². The van der Waals surface area contributed by atoms with Crippen molar-refractivity contribution in [3.05, 3.63) is 0 Å². The Balaban J connectivity index is 1.20. The van der Waals surface area contributed by atoms with Crippen molar-refractivity contribution in [1.29, 1.82) is 0 Å². The summed E-state index contributed by atoms with van der Waals surface area (Å²) in [6.07, 6.45) is 11.9. The lowest BCUT2D eigenvalue weighted by molar-refractivity contribution is -0.140. The number of fused-ring (bicyclic) bond motifs is 5. The first kappa shape index (κ1) is 25.7. The molecule has 0 radical (unpaired) electrons. The van der Waals surface area contributed by atoms with Gasteiger partial charge in [0.2, 0.25) is 5.91 Å². The van der Waals surface area contributed by atoms with Crippen molar-refractivity contribution in [2.45, 2.75) is 103 Å². The number of hydrogen-bond donors (Lipinski definition) is 0. The molecule has 7 heteroatoms. The van der Waals surface area contributed by atoms with Crippen LogP contribution in [-0.2, 0) is 19.7 Å². The second-order valence-corrected chi connectivity index (χ2v) is 15.0. The van der Waals surface area contributed by atoms with Gasteiger partial charge in [-0.15, -0.1) is 0 Å². The zero-order valence-corrected chi connectivity index (χ0v) is 22.7. The normalized spacial score (nSPS) is 44.5. The summed E-state index contributed by atoms with van der Waals surface area (Å²) in [5.74, 6) is 4.50.